The van der Waals surface area contributed by atoms with Gasteiger partial charge in [-0.3, -0.25) is 4.79 Å². The van der Waals surface area contributed by atoms with Crippen LogP contribution in [0.25, 0.3) is 0 Å². The van der Waals surface area contributed by atoms with Gasteiger partial charge in [0.25, 0.3) is 5.91 Å². The Balaban J connectivity index is 1.68. The van der Waals surface area contributed by atoms with E-state index in [0.717, 1.165) is 29.8 Å². The Bertz CT molecular complexity index is 732. The van der Waals surface area contributed by atoms with E-state index >= 15 is 0 Å². The lowest BCUT2D eigenvalue weighted by atomic mass is 10.1. The van der Waals surface area contributed by atoms with Gasteiger partial charge >= 0.3 is 0 Å². The number of aryl methyl sites for hydroxylation is 1. The number of hydrogen-bond donors (Lipinski definition) is 1. The van der Waals surface area contributed by atoms with Gasteiger partial charge in [0.1, 0.15) is 12.4 Å². The number of hydrogen-bond acceptors (Lipinski definition) is 5. The molecule has 1 aliphatic rings. The molecule has 1 N–H and O–H groups in total. The van der Waals surface area contributed by atoms with Crippen molar-refractivity contribution in [2.24, 2.45) is 0 Å². The Morgan fingerprint density at radius 3 is 3.00 bits per heavy atom. The number of aromatic nitrogens is 1. The summed E-state index contributed by atoms with van der Waals surface area (Å²) in [6.07, 6.45) is 0. The molecule has 1 saturated heterocycles. The molecular weight excluding hydrogens is 374 g/mol. The normalized spacial score (nSPS) is 17.8. The lowest BCUT2D eigenvalue weighted by Crippen LogP contribution is -2.52. The van der Waals surface area contributed by atoms with Gasteiger partial charge in [-0.2, -0.15) is 0 Å². The van der Waals surface area contributed by atoms with Crippen molar-refractivity contribution in [2.75, 3.05) is 19.6 Å². The molecule has 6 nitrogen and oxygen atoms in total. The summed E-state index contributed by atoms with van der Waals surface area (Å²) in [6, 6.07) is 7.42. The van der Waals surface area contributed by atoms with E-state index in [-0.39, 0.29) is 11.9 Å². The maximum Gasteiger partial charge on any atom is 0.254 e. The summed E-state index contributed by atoms with van der Waals surface area (Å²) in [5.74, 6) is 1.37. The van der Waals surface area contributed by atoms with Gasteiger partial charge in [-0.25, -0.2) is 0 Å². The van der Waals surface area contributed by atoms with Crippen molar-refractivity contribution >= 4 is 21.8 Å². The standard InChI is InChI=1S/C17H20BrN3O3/c1-11-7-14(24-20-11)10-23-16-4-3-13(8-15(16)18)17(22)21-6-5-19-9-12(21)2/h3-4,7-8,12,19H,5-6,9-10H2,1-2H3. The van der Waals surface area contributed by atoms with Crippen LogP contribution in [0.4, 0.5) is 0 Å². The first-order valence-electron chi connectivity index (χ1n) is 7.91. The second kappa shape index (κ2) is 7.36. The highest BCUT2D eigenvalue weighted by Crippen LogP contribution is 2.27. The van der Waals surface area contributed by atoms with Crippen molar-refractivity contribution in [3.05, 3.63) is 45.8 Å². The van der Waals surface area contributed by atoms with Crippen molar-refractivity contribution in [2.45, 2.75) is 26.5 Å². The SMILES string of the molecule is Cc1cc(COc2ccc(C(=O)N3CCNCC3C)cc2Br)on1. The van der Waals surface area contributed by atoms with E-state index in [1.807, 2.05) is 17.9 Å². The molecule has 0 saturated carbocycles. The Morgan fingerprint density at radius 1 is 1.50 bits per heavy atom. The number of carbonyl (C=O) groups is 1. The summed E-state index contributed by atoms with van der Waals surface area (Å²) in [5.41, 5.74) is 1.47. The van der Waals surface area contributed by atoms with Gasteiger partial charge in [0.2, 0.25) is 0 Å². The van der Waals surface area contributed by atoms with Crippen molar-refractivity contribution < 1.29 is 14.1 Å². The van der Waals surface area contributed by atoms with Gasteiger partial charge in [0.15, 0.2) is 5.76 Å². The first kappa shape index (κ1) is 17.0. The number of halogens is 1. The maximum absolute atomic E-state index is 12.7. The van der Waals surface area contributed by atoms with Gasteiger partial charge in [-0.1, -0.05) is 5.16 Å². The number of carbonyl (C=O) groups excluding carboxylic acids is 1. The van der Waals surface area contributed by atoms with Gasteiger partial charge in [0, 0.05) is 37.3 Å². The van der Waals surface area contributed by atoms with E-state index in [9.17, 15) is 4.79 Å². The number of rotatable bonds is 4. The Kier molecular flexibility index (Phi) is 5.20. The molecule has 24 heavy (non-hydrogen) atoms. The number of ether oxygens (including phenoxy) is 1. The Morgan fingerprint density at radius 2 is 2.33 bits per heavy atom. The molecule has 128 valence electrons. The second-order valence-electron chi connectivity index (χ2n) is 5.92. The molecule has 0 spiro atoms. The fraction of sp³-hybridized carbons (Fsp3) is 0.412. The number of nitrogens with one attached hydrogen (secondary N) is 1. The zero-order chi connectivity index (χ0) is 17.1. The topological polar surface area (TPSA) is 67.6 Å². The van der Waals surface area contributed by atoms with Crippen molar-refractivity contribution in [1.29, 1.82) is 0 Å². The minimum absolute atomic E-state index is 0.0436. The highest BCUT2D eigenvalue weighted by atomic mass is 79.9. The van der Waals surface area contributed by atoms with Gasteiger partial charge in [-0.05, 0) is 48.0 Å². The van der Waals surface area contributed by atoms with Crippen molar-refractivity contribution in [3.8, 4) is 5.75 Å². The molecule has 2 aromatic rings. The van der Waals surface area contributed by atoms with Crippen LogP contribution < -0.4 is 10.1 Å². The molecule has 2 heterocycles. The van der Waals surface area contributed by atoms with E-state index in [0.29, 0.717) is 23.7 Å². The minimum atomic E-state index is 0.0436. The zero-order valence-corrected chi connectivity index (χ0v) is 15.3. The monoisotopic (exact) mass is 393 g/mol. The van der Waals surface area contributed by atoms with Crippen molar-refractivity contribution in [3.63, 3.8) is 0 Å². The lowest BCUT2D eigenvalue weighted by molar-refractivity contribution is 0.0655. The molecule has 1 aromatic carbocycles. The van der Waals surface area contributed by atoms with Crippen LogP contribution in [0.5, 0.6) is 5.75 Å². The highest BCUT2D eigenvalue weighted by molar-refractivity contribution is 9.10. The molecule has 1 amide bonds. The van der Waals surface area contributed by atoms with Gasteiger partial charge < -0.3 is 19.5 Å². The zero-order valence-electron chi connectivity index (χ0n) is 13.7. The molecule has 1 aromatic heterocycles. The van der Waals surface area contributed by atoms with Crippen LogP contribution in [-0.4, -0.2) is 41.6 Å². The Hall–Kier alpha value is -1.86. The van der Waals surface area contributed by atoms with Crippen LogP contribution >= 0.6 is 15.9 Å². The highest BCUT2D eigenvalue weighted by Gasteiger charge is 2.24. The summed E-state index contributed by atoms with van der Waals surface area (Å²) < 4.78 is 11.6. The molecule has 7 heteroatoms. The first-order valence-corrected chi connectivity index (χ1v) is 8.70. The van der Waals surface area contributed by atoms with E-state index < -0.39 is 0 Å². The van der Waals surface area contributed by atoms with Crippen LogP contribution in [0.15, 0.2) is 33.3 Å². The minimum Gasteiger partial charge on any atom is -0.484 e. The third-order valence-electron chi connectivity index (χ3n) is 3.99. The first-order chi connectivity index (χ1) is 11.5. The van der Waals surface area contributed by atoms with Crippen LogP contribution in [0.2, 0.25) is 0 Å². The predicted molar refractivity (Wildman–Crippen MR) is 93.1 cm³/mol. The number of piperazine rings is 1. The molecular formula is C17H20BrN3O3. The van der Waals surface area contributed by atoms with E-state index in [1.165, 1.54) is 0 Å². The van der Waals surface area contributed by atoms with E-state index in [4.69, 9.17) is 9.26 Å². The van der Waals surface area contributed by atoms with E-state index in [1.54, 1.807) is 18.2 Å². The molecule has 0 bridgehead atoms. The van der Waals surface area contributed by atoms with Crippen LogP contribution in [0.3, 0.4) is 0 Å². The number of amides is 1. The van der Waals surface area contributed by atoms with Gasteiger partial charge in [0.05, 0.1) is 10.2 Å². The third kappa shape index (κ3) is 3.79. The summed E-state index contributed by atoms with van der Waals surface area (Å²) >= 11 is 3.48. The molecule has 0 radical (unpaired) electrons. The molecule has 0 aliphatic carbocycles. The average molecular weight is 394 g/mol. The molecule has 1 aliphatic heterocycles. The summed E-state index contributed by atoms with van der Waals surface area (Å²) in [7, 11) is 0. The van der Waals surface area contributed by atoms with E-state index in [2.05, 4.69) is 33.3 Å². The molecule has 1 atom stereocenters. The summed E-state index contributed by atoms with van der Waals surface area (Å²) in [6.45, 7) is 6.58. The maximum atomic E-state index is 12.7. The van der Waals surface area contributed by atoms with Crippen LogP contribution in [-0.2, 0) is 6.61 Å². The average Bonchev–Trinajstić information content (AvgIpc) is 2.99. The summed E-state index contributed by atoms with van der Waals surface area (Å²) in [5, 5.41) is 7.11. The molecule has 1 unspecified atom stereocenters. The smallest absolute Gasteiger partial charge is 0.254 e. The number of nitrogens with zero attached hydrogens (tertiary/aromatic N) is 2. The van der Waals surface area contributed by atoms with Crippen LogP contribution in [0.1, 0.15) is 28.7 Å². The largest absolute Gasteiger partial charge is 0.484 e. The summed E-state index contributed by atoms with van der Waals surface area (Å²) in [4.78, 5) is 14.6. The molecule has 1 fully saturated rings. The fourth-order valence-electron chi connectivity index (χ4n) is 2.69. The predicted octanol–water partition coefficient (Wildman–Crippen LogP) is 2.76. The molecule has 3 rings (SSSR count). The van der Waals surface area contributed by atoms with Crippen LogP contribution in [0, 0.1) is 6.92 Å². The van der Waals surface area contributed by atoms with Crippen molar-refractivity contribution in [1.82, 2.24) is 15.4 Å². The quantitative estimate of drug-likeness (QED) is 0.864. The van der Waals surface area contributed by atoms with Gasteiger partial charge in [-0.15, -0.1) is 0 Å². The third-order valence-corrected chi connectivity index (χ3v) is 4.61. The second-order valence-corrected chi connectivity index (χ2v) is 6.77. The fourth-order valence-corrected chi connectivity index (χ4v) is 3.19. The Labute approximate surface area is 149 Å². The lowest BCUT2D eigenvalue weighted by Gasteiger charge is -2.34. The number of benzene rings is 1.